The molecule has 0 spiro atoms. The largest absolute Gasteiger partial charge is 0.478 e. The molecule has 0 aliphatic heterocycles. The number of halogens is 1. The third-order valence-corrected chi connectivity index (χ3v) is 3.57. The van der Waals surface area contributed by atoms with Gasteiger partial charge in [-0.25, -0.2) is 9.18 Å². The lowest BCUT2D eigenvalue weighted by molar-refractivity contribution is 0.0696. The van der Waals surface area contributed by atoms with E-state index in [-0.39, 0.29) is 23.0 Å². The lowest BCUT2D eigenvalue weighted by Gasteiger charge is -2.22. The van der Waals surface area contributed by atoms with Crippen LogP contribution in [0.4, 0.5) is 4.39 Å². The molecule has 1 heterocycles. The SMILES string of the molecule is CCCN(CCc1cccc(F)c1)C(=O)c1cc(C(=O)O)ccn1. The second-order valence-electron chi connectivity index (χ2n) is 5.41. The first-order valence-electron chi connectivity index (χ1n) is 7.74. The van der Waals surface area contributed by atoms with Crippen molar-refractivity contribution in [3.05, 3.63) is 65.2 Å². The van der Waals surface area contributed by atoms with Crippen LogP contribution in [0.2, 0.25) is 0 Å². The molecular formula is C18H19FN2O3. The van der Waals surface area contributed by atoms with Gasteiger partial charge in [0.2, 0.25) is 0 Å². The minimum atomic E-state index is -1.10. The fourth-order valence-corrected chi connectivity index (χ4v) is 2.38. The van der Waals surface area contributed by atoms with Gasteiger partial charge in [0.1, 0.15) is 11.5 Å². The topological polar surface area (TPSA) is 70.5 Å². The van der Waals surface area contributed by atoms with Gasteiger partial charge in [-0.05, 0) is 42.7 Å². The van der Waals surface area contributed by atoms with Crippen LogP contribution in [0, 0.1) is 5.82 Å². The molecule has 0 bridgehead atoms. The minimum Gasteiger partial charge on any atom is -0.478 e. The lowest BCUT2D eigenvalue weighted by Crippen LogP contribution is -2.34. The van der Waals surface area contributed by atoms with Gasteiger partial charge in [-0.1, -0.05) is 19.1 Å². The molecule has 0 unspecified atom stereocenters. The summed E-state index contributed by atoms with van der Waals surface area (Å²) < 4.78 is 13.2. The summed E-state index contributed by atoms with van der Waals surface area (Å²) in [4.78, 5) is 29.2. The highest BCUT2D eigenvalue weighted by Crippen LogP contribution is 2.10. The second-order valence-corrected chi connectivity index (χ2v) is 5.41. The third kappa shape index (κ3) is 4.62. The van der Waals surface area contributed by atoms with Gasteiger partial charge in [-0.2, -0.15) is 0 Å². The van der Waals surface area contributed by atoms with Gasteiger partial charge < -0.3 is 10.0 Å². The summed E-state index contributed by atoms with van der Waals surface area (Å²) in [5.74, 6) is -1.73. The van der Waals surface area contributed by atoms with Crippen molar-refractivity contribution in [2.75, 3.05) is 13.1 Å². The number of aromatic nitrogens is 1. The molecule has 0 saturated heterocycles. The number of hydrogen-bond donors (Lipinski definition) is 1. The van der Waals surface area contributed by atoms with Crippen LogP contribution in [0.3, 0.4) is 0 Å². The highest BCUT2D eigenvalue weighted by atomic mass is 19.1. The molecule has 1 N–H and O–H groups in total. The van der Waals surface area contributed by atoms with Crippen molar-refractivity contribution in [3.63, 3.8) is 0 Å². The minimum absolute atomic E-state index is 0.0231. The smallest absolute Gasteiger partial charge is 0.335 e. The Hall–Kier alpha value is -2.76. The van der Waals surface area contributed by atoms with Crippen LogP contribution in [0.25, 0.3) is 0 Å². The van der Waals surface area contributed by atoms with Crippen LogP contribution < -0.4 is 0 Å². The number of rotatable bonds is 7. The van der Waals surface area contributed by atoms with Crippen LogP contribution >= 0.6 is 0 Å². The van der Waals surface area contributed by atoms with Crippen LogP contribution in [0.5, 0.6) is 0 Å². The summed E-state index contributed by atoms with van der Waals surface area (Å²) in [5, 5.41) is 9.02. The Labute approximate surface area is 139 Å². The monoisotopic (exact) mass is 330 g/mol. The first kappa shape index (κ1) is 17.6. The molecule has 0 aliphatic carbocycles. The summed E-state index contributed by atoms with van der Waals surface area (Å²) in [5.41, 5.74) is 0.925. The predicted octanol–water partition coefficient (Wildman–Crippen LogP) is 3.01. The van der Waals surface area contributed by atoms with Crippen molar-refractivity contribution >= 4 is 11.9 Å². The Morgan fingerprint density at radius 2 is 2.00 bits per heavy atom. The number of carboxylic acids is 1. The fraction of sp³-hybridized carbons (Fsp3) is 0.278. The molecule has 0 fully saturated rings. The molecule has 1 aromatic heterocycles. The van der Waals surface area contributed by atoms with Gasteiger partial charge in [-0.15, -0.1) is 0 Å². The van der Waals surface area contributed by atoms with E-state index in [1.54, 1.807) is 17.0 Å². The summed E-state index contributed by atoms with van der Waals surface area (Å²) in [6, 6.07) is 8.87. The van der Waals surface area contributed by atoms with Crippen LogP contribution in [0.15, 0.2) is 42.6 Å². The Morgan fingerprint density at radius 1 is 1.21 bits per heavy atom. The normalized spacial score (nSPS) is 10.4. The number of carbonyl (C=O) groups is 2. The number of carbonyl (C=O) groups excluding carboxylic acids is 1. The van der Waals surface area contributed by atoms with E-state index in [4.69, 9.17) is 5.11 Å². The zero-order chi connectivity index (χ0) is 17.5. The van der Waals surface area contributed by atoms with Gasteiger partial charge >= 0.3 is 5.97 Å². The number of carboxylic acid groups (broad SMARTS) is 1. The fourth-order valence-electron chi connectivity index (χ4n) is 2.38. The molecule has 2 rings (SSSR count). The van der Waals surface area contributed by atoms with Gasteiger partial charge in [0.15, 0.2) is 0 Å². The van der Waals surface area contributed by atoms with Gasteiger partial charge in [-0.3, -0.25) is 9.78 Å². The Bertz CT molecular complexity index is 734. The van der Waals surface area contributed by atoms with Gasteiger partial charge in [0.05, 0.1) is 5.56 Å². The van der Waals surface area contributed by atoms with E-state index in [9.17, 15) is 14.0 Å². The Balaban J connectivity index is 2.12. The average molecular weight is 330 g/mol. The first-order chi connectivity index (χ1) is 11.5. The Kier molecular flexibility index (Phi) is 6.01. The van der Waals surface area contributed by atoms with E-state index in [0.717, 1.165) is 12.0 Å². The quantitative estimate of drug-likeness (QED) is 0.847. The summed E-state index contributed by atoms with van der Waals surface area (Å²) in [6.45, 7) is 2.88. The van der Waals surface area contributed by atoms with Crippen LogP contribution in [0.1, 0.15) is 39.8 Å². The molecule has 1 amide bonds. The van der Waals surface area contributed by atoms with Crippen molar-refractivity contribution in [1.82, 2.24) is 9.88 Å². The molecular weight excluding hydrogens is 311 g/mol. The maximum Gasteiger partial charge on any atom is 0.335 e. The first-order valence-corrected chi connectivity index (χ1v) is 7.74. The van der Waals surface area contributed by atoms with Crippen molar-refractivity contribution in [1.29, 1.82) is 0 Å². The molecule has 2 aromatic rings. The number of pyridine rings is 1. The maximum atomic E-state index is 13.2. The number of amides is 1. The zero-order valence-electron chi connectivity index (χ0n) is 13.4. The van der Waals surface area contributed by atoms with Crippen LogP contribution in [-0.4, -0.2) is 40.0 Å². The van der Waals surface area contributed by atoms with E-state index >= 15 is 0 Å². The van der Waals surface area contributed by atoms with E-state index in [1.807, 2.05) is 6.92 Å². The third-order valence-electron chi connectivity index (χ3n) is 3.57. The molecule has 0 saturated carbocycles. The van der Waals surface area contributed by atoms with Gasteiger partial charge in [0, 0.05) is 19.3 Å². The lowest BCUT2D eigenvalue weighted by atomic mass is 10.1. The van der Waals surface area contributed by atoms with E-state index in [2.05, 4.69) is 4.98 Å². The molecule has 5 nitrogen and oxygen atoms in total. The highest BCUT2D eigenvalue weighted by molar-refractivity contribution is 5.95. The molecule has 1 aromatic carbocycles. The maximum absolute atomic E-state index is 13.2. The summed E-state index contributed by atoms with van der Waals surface area (Å²) >= 11 is 0. The number of benzene rings is 1. The van der Waals surface area contributed by atoms with Gasteiger partial charge in [0.25, 0.3) is 5.91 Å². The number of nitrogens with zero attached hydrogens (tertiary/aromatic N) is 2. The average Bonchev–Trinajstić information content (AvgIpc) is 2.58. The summed E-state index contributed by atoms with van der Waals surface area (Å²) in [7, 11) is 0. The van der Waals surface area contributed by atoms with Crippen molar-refractivity contribution in [2.24, 2.45) is 0 Å². The van der Waals surface area contributed by atoms with E-state index in [1.165, 1.54) is 30.5 Å². The van der Waals surface area contributed by atoms with Crippen molar-refractivity contribution < 1.29 is 19.1 Å². The molecule has 24 heavy (non-hydrogen) atoms. The predicted molar refractivity (Wildman–Crippen MR) is 87.5 cm³/mol. The molecule has 6 heteroatoms. The zero-order valence-corrected chi connectivity index (χ0v) is 13.4. The van der Waals surface area contributed by atoms with Crippen molar-refractivity contribution in [3.8, 4) is 0 Å². The van der Waals surface area contributed by atoms with E-state index in [0.29, 0.717) is 19.5 Å². The van der Waals surface area contributed by atoms with Crippen LogP contribution in [-0.2, 0) is 6.42 Å². The second kappa shape index (κ2) is 8.19. The van der Waals surface area contributed by atoms with Crippen molar-refractivity contribution in [2.45, 2.75) is 19.8 Å². The molecule has 0 radical (unpaired) electrons. The number of aromatic carboxylic acids is 1. The Morgan fingerprint density at radius 3 is 2.67 bits per heavy atom. The summed E-state index contributed by atoms with van der Waals surface area (Å²) in [6.07, 6.45) is 2.59. The molecule has 0 aliphatic rings. The highest BCUT2D eigenvalue weighted by Gasteiger charge is 2.18. The molecule has 0 atom stereocenters. The number of hydrogen-bond acceptors (Lipinski definition) is 3. The standard InChI is InChI=1S/C18H19FN2O3/c1-2-9-21(10-7-13-4-3-5-15(19)11-13)17(22)16-12-14(18(23)24)6-8-20-16/h3-6,8,11-12H,2,7,9-10H2,1H3,(H,23,24). The molecule has 126 valence electrons. The van der Waals surface area contributed by atoms with E-state index < -0.39 is 5.97 Å².